The highest BCUT2D eigenvalue weighted by atomic mass is 16.2. The second kappa shape index (κ2) is 10.6. The van der Waals surface area contributed by atoms with Crippen LogP contribution < -0.4 is 21.4 Å². The molecule has 9 nitrogen and oxygen atoms in total. The highest BCUT2D eigenvalue weighted by Crippen LogP contribution is 2.14. The van der Waals surface area contributed by atoms with Crippen molar-refractivity contribution in [3.63, 3.8) is 0 Å². The predicted molar refractivity (Wildman–Crippen MR) is 94.9 cm³/mol. The highest BCUT2D eigenvalue weighted by Gasteiger charge is 2.31. The molecule has 1 aliphatic rings. The first-order valence-corrected chi connectivity index (χ1v) is 8.16. The molecular weight excluding hydrogens is 310 g/mol. The van der Waals surface area contributed by atoms with Crippen LogP contribution in [0.3, 0.4) is 0 Å². The van der Waals surface area contributed by atoms with E-state index >= 15 is 0 Å². The molecule has 0 unspecified atom stereocenters. The minimum absolute atomic E-state index is 0.00187. The monoisotopic (exact) mass is 339 g/mol. The number of hydrogen-bond acceptors (Lipinski definition) is 5. The minimum atomic E-state index is -0.241. The average Bonchev–Trinajstić information content (AvgIpc) is 2.52. The van der Waals surface area contributed by atoms with Gasteiger partial charge in [0, 0.05) is 40.3 Å². The van der Waals surface area contributed by atoms with E-state index in [9.17, 15) is 9.59 Å². The summed E-state index contributed by atoms with van der Waals surface area (Å²) in [5, 5.41) is 13.0. The van der Waals surface area contributed by atoms with E-state index in [0.717, 1.165) is 31.9 Å². The molecule has 0 saturated carbocycles. The van der Waals surface area contributed by atoms with E-state index in [1.54, 1.807) is 20.3 Å². The third-order valence-corrected chi connectivity index (χ3v) is 3.84. The molecule has 1 aliphatic heterocycles. The molecule has 136 valence electrons. The van der Waals surface area contributed by atoms with Crippen molar-refractivity contribution in [2.45, 2.75) is 38.3 Å². The van der Waals surface area contributed by atoms with Gasteiger partial charge in [-0.05, 0) is 26.3 Å². The minimum Gasteiger partial charge on any atom is -0.359 e. The number of guanidine groups is 1. The van der Waals surface area contributed by atoms with Crippen LogP contribution in [0.15, 0.2) is 10.1 Å². The topological polar surface area (TPSA) is 110 Å². The second-order valence-electron chi connectivity index (χ2n) is 5.74. The fraction of sp³-hybridized carbons (Fsp3) is 0.733. The van der Waals surface area contributed by atoms with Crippen molar-refractivity contribution in [3.05, 3.63) is 0 Å². The Morgan fingerprint density at radius 1 is 1.42 bits per heavy atom. The van der Waals surface area contributed by atoms with Crippen LogP contribution in [0.25, 0.3) is 0 Å². The van der Waals surface area contributed by atoms with Crippen LogP contribution in [-0.4, -0.2) is 75.2 Å². The summed E-state index contributed by atoms with van der Waals surface area (Å²) in [5.74, 6) is 0.482. The summed E-state index contributed by atoms with van der Waals surface area (Å²) in [6.07, 6.45) is 3.97. The lowest BCUT2D eigenvalue weighted by molar-refractivity contribution is -0.130. The number of nitrogens with one attached hydrogen (secondary N) is 4. The Morgan fingerprint density at radius 3 is 2.67 bits per heavy atom. The van der Waals surface area contributed by atoms with E-state index < -0.39 is 0 Å². The number of carbonyl (C=O) groups excluding carboxylic acids is 2. The van der Waals surface area contributed by atoms with Gasteiger partial charge in [-0.15, -0.1) is 0 Å². The first-order chi connectivity index (χ1) is 11.5. The van der Waals surface area contributed by atoms with Crippen LogP contribution >= 0.6 is 0 Å². The van der Waals surface area contributed by atoms with Gasteiger partial charge >= 0.3 is 0 Å². The van der Waals surface area contributed by atoms with E-state index in [4.69, 9.17) is 0 Å². The molecule has 1 saturated heterocycles. The molecule has 1 fully saturated rings. The lowest BCUT2D eigenvalue weighted by atomic mass is 10.0. The van der Waals surface area contributed by atoms with Gasteiger partial charge in [0.05, 0.1) is 12.1 Å². The Hall–Kier alpha value is -2.16. The lowest BCUT2D eigenvalue weighted by Gasteiger charge is -2.37. The van der Waals surface area contributed by atoms with Crippen LogP contribution in [0.2, 0.25) is 0 Å². The normalized spacial score (nSPS) is 19.5. The number of rotatable bonds is 8. The van der Waals surface area contributed by atoms with Gasteiger partial charge < -0.3 is 16.0 Å². The summed E-state index contributed by atoms with van der Waals surface area (Å²) in [5.41, 5.74) is 2.37. The Bertz CT molecular complexity index is 478. The second-order valence-corrected chi connectivity index (χ2v) is 5.74. The van der Waals surface area contributed by atoms with Crippen molar-refractivity contribution in [1.29, 1.82) is 0 Å². The third kappa shape index (κ3) is 6.95. The van der Waals surface area contributed by atoms with Gasteiger partial charge in [0.1, 0.15) is 0 Å². The summed E-state index contributed by atoms with van der Waals surface area (Å²) >= 11 is 0. The zero-order chi connectivity index (χ0) is 17.9. The third-order valence-electron chi connectivity index (χ3n) is 3.84. The van der Waals surface area contributed by atoms with Crippen LogP contribution in [0, 0.1) is 0 Å². The van der Waals surface area contributed by atoms with E-state index in [1.807, 2.05) is 11.9 Å². The highest BCUT2D eigenvalue weighted by molar-refractivity contribution is 5.86. The Labute approximate surface area is 143 Å². The van der Waals surface area contributed by atoms with Gasteiger partial charge in [-0.1, -0.05) is 0 Å². The maximum atomic E-state index is 12.2. The van der Waals surface area contributed by atoms with Gasteiger partial charge in [0.15, 0.2) is 5.96 Å². The quantitative estimate of drug-likeness (QED) is 0.194. The van der Waals surface area contributed by atoms with E-state index in [0.29, 0.717) is 6.42 Å². The summed E-state index contributed by atoms with van der Waals surface area (Å²) < 4.78 is 0. The Kier molecular flexibility index (Phi) is 8.77. The Morgan fingerprint density at radius 2 is 2.17 bits per heavy atom. The molecule has 0 spiro atoms. The molecule has 0 aromatic carbocycles. The zero-order valence-electron chi connectivity index (χ0n) is 14.9. The summed E-state index contributed by atoms with van der Waals surface area (Å²) in [7, 11) is 5.44. The van der Waals surface area contributed by atoms with Gasteiger partial charge in [-0.25, -0.2) is 5.43 Å². The zero-order valence-corrected chi connectivity index (χ0v) is 14.9. The maximum Gasteiger partial charge on any atom is 0.237 e. The number of aliphatic imine (C=N–C) groups is 1. The molecule has 0 aromatic heterocycles. The van der Waals surface area contributed by atoms with Crippen molar-refractivity contribution in [1.82, 2.24) is 26.3 Å². The standard InChI is InChI=1S/C15H29N7O2/c1-11(23)21-19-10-12(6-5-8-18-15(16-2)17-3)20-14(24)13-7-9-22(13)4/h10,12-13H,5-9H2,1-4H3,(H,20,24)(H,21,23)(H2,16,17,18)/b19-10-/t12-,13-/m0/s1. The summed E-state index contributed by atoms with van der Waals surface area (Å²) in [6.45, 7) is 3.05. The van der Waals surface area contributed by atoms with E-state index in [1.165, 1.54) is 6.92 Å². The molecular formula is C15H29N7O2. The van der Waals surface area contributed by atoms with Crippen LogP contribution in [0.1, 0.15) is 26.2 Å². The number of amides is 2. The first-order valence-electron chi connectivity index (χ1n) is 8.16. The Balaban J connectivity index is 2.46. The maximum absolute atomic E-state index is 12.2. The lowest BCUT2D eigenvalue weighted by Crippen LogP contribution is -2.56. The molecule has 2 atom stereocenters. The van der Waals surface area contributed by atoms with Crippen LogP contribution in [0.4, 0.5) is 0 Å². The molecule has 9 heteroatoms. The van der Waals surface area contributed by atoms with Crippen molar-refractivity contribution in [2.24, 2.45) is 10.1 Å². The van der Waals surface area contributed by atoms with Crippen molar-refractivity contribution in [3.8, 4) is 0 Å². The average molecular weight is 339 g/mol. The molecule has 0 aliphatic carbocycles. The predicted octanol–water partition coefficient (Wildman–Crippen LogP) is -1.13. The van der Waals surface area contributed by atoms with Crippen molar-refractivity contribution >= 4 is 24.0 Å². The van der Waals surface area contributed by atoms with E-state index in [-0.39, 0.29) is 23.9 Å². The molecule has 24 heavy (non-hydrogen) atoms. The largest absolute Gasteiger partial charge is 0.359 e. The SMILES string of the molecule is CN=C(NC)NCCC[C@@H](/C=N\NC(C)=O)NC(=O)[C@@H]1CCN1C. The summed E-state index contributed by atoms with van der Waals surface area (Å²) in [6, 6.07) is -0.292. The van der Waals surface area contributed by atoms with Gasteiger partial charge in [0.25, 0.3) is 0 Å². The summed E-state index contributed by atoms with van der Waals surface area (Å²) in [4.78, 5) is 29.2. The molecule has 0 bridgehead atoms. The van der Waals surface area contributed by atoms with Crippen LogP contribution in [0.5, 0.6) is 0 Å². The molecule has 2 amide bonds. The number of nitrogens with zero attached hydrogens (tertiary/aromatic N) is 3. The van der Waals surface area contributed by atoms with Crippen molar-refractivity contribution < 1.29 is 9.59 Å². The fourth-order valence-electron chi connectivity index (χ4n) is 2.34. The van der Waals surface area contributed by atoms with Gasteiger partial charge in [0.2, 0.25) is 11.8 Å². The van der Waals surface area contributed by atoms with Crippen molar-refractivity contribution in [2.75, 3.05) is 34.2 Å². The molecule has 1 rings (SSSR count). The fourth-order valence-corrected chi connectivity index (χ4v) is 2.34. The number of hydrazone groups is 1. The van der Waals surface area contributed by atoms with Gasteiger partial charge in [-0.3, -0.25) is 19.5 Å². The first kappa shape index (κ1) is 19.9. The number of likely N-dealkylation sites (tertiary alicyclic amines) is 1. The molecule has 4 N–H and O–H groups in total. The number of hydrogen-bond donors (Lipinski definition) is 4. The van der Waals surface area contributed by atoms with Crippen LogP contribution in [-0.2, 0) is 9.59 Å². The molecule has 0 radical (unpaired) electrons. The van der Waals surface area contributed by atoms with Gasteiger partial charge in [-0.2, -0.15) is 5.10 Å². The smallest absolute Gasteiger partial charge is 0.237 e. The number of carbonyl (C=O) groups is 2. The number of likely N-dealkylation sites (N-methyl/N-ethyl adjacent to an activating group) is 1. The van der Waals surface area contributed by atoms with E-state index in [2.05, 4.69) is 31.5 Å². The molecule has 1 heterocycles. The molecule has 0 aromatic rings.